The molecule has 1 aromatic heterocycles. The Morgan fingerprint density at radius 2 is 1.75 bits per heavy atom. The SMILES string of the molecule is COc1nc(-c2cc(C)c(C)cc2C)cs1. The lowest BCUT2D eigenvalue weighted by molar-refractivity contribution is 0.412. The first-order valence-corrected chi connectivity index (χ1v) is 6.07. The molecule has 0 amide bonds. The van der Waals surface area contributed by atoms with Crippen LogP contribution < -0.4 is 4.74 Å². The molecule has 3 heteroatoms. The van der Waals surface area contributed by atoms with Crippen LogP contribution in [-0.2, 0) is 0 Å². The number of hydrogen-bond acceptors (Lipinski definition) is 3. The number of aromatic nitrogens is 1. The van der Waals surface area contributed by atoms with E-state index in [-0.39, 0.29) is 0 Å². The molecular formula is C13H15NOS. The molecule has 0 bridgehead atoms. The normalized spacial score (nSPS) is 10.5. The second-order valence-corrected chi connectivity index (χ2v) is 4.77. The maximum atomic E-state index is 5.12. The predicted octanol–water partition coefficient (Wildman–Crippen LogP) is 3.74. The van der Waals surface area contributed by atoms with Crippen molar-refractivity contribution in [2.45, 2.75) is 20.8 Å². The number of nitrogens with zero attached hydrogens (tertiary/aromatic N) is 1. The smallest absolute Gasteiger partial charge is 0.273 e. The number of benzene rings is 1. The van der Waals surface area contributed by atoms with Crippen LogP contribution in [0.4, 0.5) is 0 Å². The van der Waals surface area contributed by atoms with Crippen molar-refractivity contribution in [2.75, 3.05) is 7.11 Å². The van der Waals surface area contributed by atoms with Gasteiger partial charge in [0, 0.05) is 10.9 Å². The molecule has 1 aromatic carbocycles. The van der Waals surface area contributed by atoms with Gasteiger partial charge in [-0.1, -0.05) is 17.4 Å². The minimum absolute atomic E-state index is 0.715. The number of methoxy groups -OCH3 is 1. The number of ether oxygens (including phenoxy) is 1. The Morgan fingerprint density at radius 1 is 1.06 bits per heavy atom. The number of aryl methyl sites for hydroxylation is 3. The fourth-order valence-corrected chi connectivity index (χ4v) is 2.35. The second-order valence-electron chi connectivity index (χ2n) is 3.95. The highest BCUT2D eigenvalue weighted by molar-refractivity contribution is 7.11. The Balaban J connectivity index is 2.51. The van der Waals surface area contributed by atoms with Gasteiger partial charge in [-0.2, -0.15) is 0 Å². The zero-order chi connectivity index (χ0) is 11.7. The fourth-order valence-electron chi connectivity index (χ4n) is 1.71. The molecule has 84 valence electrons. The van der Waals surface area contributed by atoms with E-state index in [4.69, 9.17) is 4.74 Å². The third-order valence-corrected chi connectivity index (χ3v) is 3.58. The van der Waals surface area contributed by atoms with Crippen LogP contribution in [0.5, 0.6) is 5.19 Å². The number of hydrogen-bond donors (Lipinski definition) is 0. The Morgan fingerprint density at radius 3 is 2.38 bits per heavy atom. The first-order chi connectivity index (χ1) is 7.61. The lowest BCUT2D eigenvalue weighted by atomic mass is 9.99. The summed E-state index contributed by atoms with van der Waals surface area (Å²) in [5, 5.41) is 2.75. The largest absolute Gasteiger partial charge is 0.473 e. The van der Waals surface area contributed by atoms with E-state index >= 15 is 0 Å². The molecule has 0 aliphatic carbocycles. The summed E-state index contributed by atoms with van der Waals surface area (Å²) in [5.41, 5.74) is 6.08. The van der Waals surface area contributed by atoms with Gasteiger partial charge >= 0.3 is 0 Å². The summed E-state index contributed by atoms with van der Waals surface area (Å²) in [4.78, 5) is 4.43. The van der Waals surface area contributed by atoms with Gasteiger partial charge in [0.15, 0.2) is 0 Å². The first-order valence-electron chi connectivity index (χ1n) is 5.19. The van der Waals surface area contributed by atoms with E-state index in [1.807, 2.05) is 5.38 Å². The van der Waals surface area contributed by atoms with Gasteiger partial charge in [0.05, 0.1) is 12.8 Å². The Labute approximate surface area is 99.9 Å². The van der Waals surface area contributed by atoms with Crippen LogP contribution in [0.3, 0.4) is 0 Å². The quantitative estimate of drug-likeness (QED) is 0.788. The van der Waals surface area contributed by atoms with Crippen molar-refractivity contribution in [3.63, 3.8) is 0 Å². The molecule has 0 fully saturated rings. The topological polar surface area (TPSA) is 22.1 Å². The van der Waals surface area contributed by atoms with Crippen LogP contribution in [0.1, 0.15) is 16.7 Å². The highest BCUT2D eigenvalue weighted by Gasteiger charge is 2.08. The zero-order valence-electron chi connectivity index (χ0n) is 10.00. The first kappa shape index (κ1) is 11.1. The molecule has 1 heterocycles. The van der Waals surface area contributed by atoms with E-state index < -0.39 is 0 Å². The van der Waals surface area contributed by atoms with Crippen LogP contribution in [0.2, 0.25) is 0 Å². The molecular weight excluding hydrogens is 218 g/mol. The van der Waals surface area contributed by atoms with E-state index in [1.54, 1.807) is 7.11 Å². The van der Waals surface area contributed by atoms with Gasteiger partial charge in [-0.3, -0.25) is 0 Å². The van der Waals surface area contributed by atoms with Crippen LogP contribution in [-0.4, -0.2) is 12.1 Å². The molecule has 0 spiro atoms. The number of thiazole rings is 1. The van der Waals surface area contributed by atoms with Crippen molar-refractivity contribution in [1.29, 1.82) is 0 Å². The van der Waals surface area contributed by atoms with Crippen molar-refractivity contribution in [3.05, 3.63) is 34.2 Å². The van der Waals surface area contributed by atoms with Crippen LogP contribution >= 0.6 is 11.3 Å². The lowest BCUT2D eigenvalue weighted by Gasteiger charge is -2.07. The molecule has 0 N–H and O–H groups in total. The van der Waals surface area contributed by atoms with E-state index in [1.165, 1.54) is 33.6 Å². The molecule has 0 radical (unpaired) electrons. The van der Waals surface area contributed by atoms with Crippen molar-refractivity contribution < 1.29 is 4.74 Å². The van der Waals surface area contributed by atoms with Gasteiger partial charge < -0.3 is 4.74 Å². The highest BCUT2D eigenvalue weighted by atomic mass is 32.1. The van der Waals surface area contributed by atoms with Crippen molar-refractivity contribution in [3.8, 4) is 16.5 Å². The van der Waals surface area contributed by atoms with Crippen LogP contribution in [0.15, 0.2) is 17.5 Å². The highest BCUT2D eigenvalue weighted by Crippen LogP contribution is 2.30. The molecule has 2 aromatic rings. The number of rotatable bonds is 2. The molecule has 0 saturated carbocycles. The third kappa shape index (κ3) is 1.95. The Bertz CT molecular complexity index is 517. The average Bonchev–Trinajstić information content (AvgIpc) is 2.71. The Hall–Kier alpha value is -1.35. The van der Waals surface area contributed by atoms with Gasteiger partial charge in [-0.15, -0.1) is 0 Å². The summed E-state index contributed by atoms with van der Waals surface area (Å²) < 4.78 is 5.12. The molecule has 16 heavy (non-hydrogen) atoms. The summed E-state index contributed by atoms with van der Waals surface area (Å²) in [6, 6.07) is 4.40. The van der Waals surface area contributed by atoms with Crippen molar-refractivity contribution in [1.82, 2.24) is 4.98 Å². The molecule has 2 nitrogen and oxygen atoms in total. The second kappa shape index (κ2) is 4.26. The van der Waals surface area contributed by atoms with Gasteiger partial charge in [0.2, 0.25) is 0 Å². The molecule has 0 saturated heterocycles. The van der Waals surface area contributed by atoms with E-state index in [0.29, 0.717) is 5.19 Å². The lowest BCUT2D eigenvalue weighted by Crippen LogP contribution is -1.89. The van der Waals surface area contributed by atoms with E-state index in [2.05, 4.69) is 37.9 Å². The summed E-state index contributed by atoms with van der Waals surface area (Å²) >= 11 is 1.53. The maximum absolute atomic E-state index is 5.12. The van der Waals surface area contributed by atoms with Crippen LogP contribution in [0.25, 0.3) is 11.3 Å². The summed E-state index contributed by atoms with van der Waals surface area (Å²) in [6.45, 7) is 6.38. The molecule has 0 atom stereocenters. The fraction of sp³-hybridized carbons (Fsp3) is 0.308. The summed E-state index contributed by atoms with van der Waals surface area (Å²) in [5.74, 6) is 0. The van der Waals surface area contributed by atoms with Crippen molar-refractivity contribution in [2.24, 2.45) is 0 Å². The van der Waals surface area contributed by atoms with Crippen molar-refractivity contribution >= 4 is 11.3 Å². The minimum Gasteiger partial charge on any atom is -0.473 e. The molecule has 2 rings (SSSR count). The van der Waals surface area contributed by atoms with E-state index in [9.17, 15) is 0 Å². The van der Waals surface area contributed by atoms with Gasteiger partial charge in [0.1, 0.15) is 0 Å². The molecule has 0 aliphatic rings. The van der Waals surface area contributed by atoms with Crippen LogP contribution in [0, 0.1) is 20.8 Å². The molecule has 0 aliphatic heterocycles. The minimum atomic E-state index is 0.715. The standard InChI is InChI=1S/C13H15NOS/c1-8-5-10(3)11(6-9(8)2)12-7-16-13(14-12)15-4/h5-7H,1-4H3. The van der Waals surface area contributed by atoms with Gasteiger partial charge in [-0.05, 0) is 43.5 Å². The predicted molar refractivity (Wildman–Crippen MR) is 68.3 cm³/mol. The molecule has 0 unspecified atom stereocenters. The van der Waals surface area contributed by atoms with E-state index in [0.717, 1.165) is 5.69 Å². The zero-order valence-corrected chi connectivity index (χ0v) is 10.8. The third-order valence-electron chi connectivity index (χ3n) is 2.77. The Kier molecular flexibility index (Phi) is 2.97. The maximum Gasteiger partial charge on any atom is 0.273 e. The van der Waals surface area contributed by atoms with Gasteiger partial charge in [0.25, 0.3) is 5.19 Å². The summed E-state index contributed by atoms with van der Waals surface area (Å²) in [7, 11) is 1.65. The average molecular weight is 233 g/mol. The van der Waals surface area contributed by atoms with Gasteiger partial charge in [-0.25, -0.2) is 4.98 Å². The summed E-state index contributed by atoms with van der Waals surface area (Å²) in [6.07, 6.45) is 0. The monoisotopic (exact) mass is 233 g/mol.